The van der Waals surface area contributed by atoms with Crippen molar-refractivity contribution in [1.29, 1.82) is 0 Å². The summed E-state index contributed by atoms with van der Waals surface area (Å²) in [6, 6.07) is 0.672. The highest BCUT2D eigenvalue weighted by Crippen LogP contribution is 2.19. The molecule has 18 heavy (non-hydrogen) atoms. The summed E-state index contributed by atoms with van der Waals surface area (Å²) in [5, 5.41) is 3.61. The summed E-state index contributed by atoms with van der Waals surface area (Å²) in [6.07, 6.45) is 10.6. The van der Waals surface area contributed by atoms with Crippen LogP contribution in [0.15, 0.2) is 0 Å². The van der Waals surface area contributed by atoms with Gasteiger partial charge in [-0.05, 0) is 39.7 Å². The fraction of sp³-hybridized carbons (Fsp3) is 1.00. The van der Waals surface area contributed by atoms with E-state index < -0.39 is 0 Å². The fourth-order valence-corrected chi connectivity index (χ4v) is 2.26. The van der Waals surface area contributed by atoms with E-state index in [0.717, 1.165) is 13.0 Å². The largest absolute Gasteiger partial charge is 0.379 e. The van der Waals surface area contributed by atoms with Gasteiger partial charge < -0.3 is 10.1 Å². The number of nitrogens with one attached hydrogen (secondary N) is 1. The summed E-state index contributed by atoms with van der Waals surface area (Å²) in [5.41, 5.74) is 0.0237. The minimum absolute atomic E-state index is 0.0237. The van der Waals surface area contributed by atoms with Crippen LogP contribution in [0.25, 0.3) is 0 Å². The number of hydrogen-bond acceptors (Lipinski definition) is 2. The molecule has 0 saturated heterocycles. The molecule has 0 aromatic rings. The quantitative estimate of drug-likeness (QED) is 0.519. The third-order valence-electron chi connectivity index (χ3n) is 3.80. The molecular formula is C16H35NO. The molecule has 0 saturated carbocycles. The summed E-state index contributed by atoms with van der Waals surface area (Å²) in [7, 11) is 1.81. The molecule has 0 rings (SSSR count). The third-order valence-corrected chi connectivity index (χ3v) is 3.80. The van der Waals surface area contributed by atoms with Crippen molar-refractivity contribution in [3.63, 3.8) is 0 Å². The zero-order valence-electron chi connectivity index (χ0n) is 13.3. The zero-order valence-corrected chi connectivity index (χ0v) is 13.3. The Kier molecular flexibility index (Phi) is 10.8. The summed E-state index contributed by atoms with van der Waals surface area (Å²) in [5.74, 6) is 0. The maximum absolute atomic E-state index is 5.50. The lowest BCUT2D eigenvalue weighted by molar-refractivity contribution is 0.0115. The molecule has 0 aliphatic carbocycles. The van der Waals surface area contributed by atoms with Crippen molar-refractivity contribution in [1.82, 2.24) is 5.32 Å². The van der Waals surface area contributed by atoms with Gasteiger partial charge in [0, 0.05) is 13.2 Å². The van der Waals surface area contributed by atoms with Crippen LogP contribution in [0.5, 0.6) is 0 Å². The van der Waals surface area contributed by atoms with E-state index in [1.807, 2.05) is 7.11 Å². The third kappa shape index (κ3) is 9.90. The molecule has 0 amide bonds. The predicted molar refractivity (Wildman–Crippen MR) is 81.2 cm³/mol. The van der Waals surface area contributed by atoms with Crippen LogP contribution in [0.1, 0.15) is 79.1 Å². The van der Waals surface area contributed by atoms with E-state index in [1.165, 1.54) is 44.9 Å². The second-order valence-electron chi connectivity index (χ2n) is 5.96. The standard InChI is InChI=1S/C16H35NO/c1-6-8-9-10-11-12-15(17-7-2)13-14-16(3,4)18-5/h15,17H,6-14H2,1-5H3. The second-order valence-corrected chi connectivity index (χ2v) is 5.96. The first-order chi connectivity index (χ1) is 8.55. The SMILES string of the molecule is CCCCCCCC(CCC(C)(C)OC)NCC. The predicted octanol–water partition coefficient (Wildman–Crippen LogP) is 4.53. The molecule has 1 N–H and O–H groups in total. The van der Waals surface area contributed by atoms with Crippen molar-refractivity contribution < 1.29 is 4.74 Å². The van der Waals surface area contributed by atoms with Crippen LogP contribution < -0.4 is 5.32 Å². The number of rotatable bonds is 12. The van der Waals surface area contributed by atoms with Crippen LogP contribution in [0.2, 0.25) is 0 Å². The Bertz CT molecular complexity index is 180. The average molecular weight is 257 g/mol. The number of hydrogen-bond donors (Lipinski definition) is 1. The molecular weight excluding hydrogens is 222 g/mol. The second kappa shape index (κ2) is 10.8. The van der Waals surface area contributed by atoms with Gasteiger partial charge in [0.2, 0.25) is 0 Å². The Labute approximate surface area is 115 Å². The Hall–Kier alpha value is -0.0800. The van der Waals surface area contributed by atoms with E-state index >= 15 is 0 Å². The maximum atomic E-state index is 5.50. The van der Waals surface area contributed by atoms with E-state index in [2.05, 4.69) is 33.0 Å². The van der Waals surface area contributed by atoms with Gasteiger partial charge in [-0.15, -0.1) is 0 Å². The van der Waals surface area contributed by atoms with Gasteiger partial charge in [0.15, 0.2) is 0 Å². The Morgan fingerprint density at radius 2 is 1.67 bits per heavy atom. The fourth-order valence-electron chi connectivity index (χ4n) is 2.26. The summed E-state index contributed by atoms with van der Waals surface area (Å²) < 4.78 is 5.50. The maximum Gasteiger partial charge on any atom is 0.0623 e. The molecule has 0 aromatic heterocycles. The lowest BCUT2D eigenvalue weighted by Gasteiger charge is -2.26. The van der Waals surface area contributed by atoms with E-state index in [4.69, 9.17) is 4.74 Å². The van der Waals surface area contributed by atoms with Gasteiger partial charge in [-0.2, -0.15) is 0 Å². The minimum Gasteiger partial charge on any atom is -0.379 e. The molecule has 1 unspecified atom stereocenters. The van der Waals surface area contributed by atoms with Gasteiger partial charge in [0.1, 0.15) is 0 Å². The monoisotopic (exact) mass is 257 g/mol. The van der Waals surface area contributed by atoms with Crippen LogP contribution in [0.4, 0.5) is 0 Å². The molecule has 0 aromatic carbocycles. The number of unbranched alkanes of at least 4 members (excludes halogenated alkanes) is 4. The molecule has 1 atom stereocenters. The molecule has 2 heteroatoms. The van der Waals surface area contributed by atoms with Gasteiger partial charge in [0.05, 0.1) is 5.60 Å². The van der Waals surface area contributed by atoms with Crippen molar-refractivity contribution in [2.45, 2.75) is 90.7 Å². The van der Waals surface area contributed by atoms with Crippen LogP contribution in [0, 0.1) is 0 Å². The van der Waals surface area contributed by atoms with Crippen molar-refractivity contribution in [2.24, 2.45) is 0 Å². The van der Waals surface area contributed by atoms with Gasteiger partial charge in [-0.1, -0.05) is 46.0 Å². The first-order valence-corrected chi connectivity index (χ1v) is 7.84. The summed E-state index contributed by atoms with van der Waals surface area (Å²) in [4.78, 5) is 0. The Morgan fingerprint density at radius 3 is 2.22 bits per heavy atom. The van der Waals surface area contributed by atoms with Crippen LogP contribution in [-0.4, -0.2) is 25.3 Å². The average Bonchev–Trinajstić information content (AvgIpc) is 2.35. The molecule has 0 spiro atoms. The zero-order chi connectivity index (χ0) is 13.9. The molecule has 0 bridgehead atoms. The van der Waals surface area contributed by atoms with Gasteiger partial charge in [-0.3, -0.25) is 0 Å². The molecule has 0 aliphatic rings. The molecule has 0 radical (unpaired) electrons. The van der Waals surface area contributed by atoms with Gasteiger partial charge >= 0.3 is 0 Å². The van der Waals surface area contributed by atoms with Crippen LogP contribution in [-0.2, 0) is 4.74 Å². The highest BCUT2D eigenvalue weighted by molar-refractivity contribution is 4.74. The normalized spacial score (nSPS) is 13.8. The Morgan fingerprint density at radius 1 is 1.00 bits per heavy atom. The first kappa shape index (κ1) is 17.9. The molecule has 0 fully saturated rings. The Balaban J connectivity index is 3.77. The van der Waals surface area contributed by atoms with E-state index in [9.17, 15) is 0 Å². The molecule has 0 aliphatic heterocycles. The van der Waals surface area contributed by atoms with Crippen molar-refractivity contribution in [2.75, 3.05) is 13.7 Å². The van der Waals surface area contributed by atoms with Crippen LogP contribution >= 0.6 is 0 Å². The topological polar surface area (TPSA) is 21.3 Å². The summed E-state index contributed by atoms with van der Waals surface area (Å²) in [6.45, 7) is 9.90. The van der Waals surface area contributed by atoms with Crippen LogP contribution in [0.3, 0.4) is 0 Å². The van der Waals surface area contributed by atoms with Crippen molar-refractivity contribution in [3.05, 3.63) is 0 Å². The first-order valence-electron chi connectivity index (χ1n) is 7.84. The highest BCUT2D eigenvalue weighted by atomic mass is 16.5. The number of ether oxygens (including phenoxy) is 1. The number of methoxy groups -OCH3 is 1. The minimum atomic E-state index is 0.0237. The smallest absolute Gasteiger partial charge is 0.0623 e. The van der Waals surface area contributed by atoms with Crippen molar-refractivity contribution >= 4 is 0 Å². The highest BCUT2D eigenvalue weighted by Gasteiger charge is 2.18. The lowest BCUT2D eigenvalue weighted by atomic mass is 9.95. The molecule has 110 valence electrons. The van der Waals surface area contributed by atoms with Gasteiger partial charge in [-0.25, -0.2) is 0 Å². The lowest BCUT2D eigenvalue weighted by Crippen LogP contribution is -2.32. The van der Waals surface area contributed by atoms with E-state index in [0.29, 0.717) is 6.04 Å². The summed E-state index contributed by atoms with van der Waals surface area (Å²) >= 11 is 0. The van der Waals surface area contributed by atoms with E-state index in [-0.39, 0.29) is 5.60 Å². The van der Waals surface area contributed by atoms with E-state index in [1.54, 1.807) is 0 Å². The molecule has 0 heterocycles. The van der Waals surface area contributed by atoms with Crippen molar-refractivity contribution in [3.8, 4) is 0 Å². The molecule has 2 nitrogen and oxygen atoms in total. The van der Waals surface area contributed by atoms with Gasteiger partial charge in [0.25, 0.3) is 0 Å².